The summed E-state index contributed by atoms with van der Waals surface area (Å²) in [7, 11) is 0. The monoisotopic (exact) mass is 322 g/mol. The molecule has 0 radical (unpaired) electrons. The molecule has 0 bridgehead atoms. The maximum atomic E-state index is 13.6. The predicted molar refractivity (Wildman–Crippen MR) is 78.6 cm³/mol. The second kappa shape index (κ2) is 5.36. The van der Waals surface area contributed by atoms with Crippen LogP contribution in [0.3, 0.4) is 0 Å². The van der Waals surface area contributed by atoms with Gasteiger partial charge in [0, 0.05) is 5.56 Å². The SMILES string of the molecule is N=C(c1ccc(F)c2nc[nH]c12)N(O)c1ccc(F)c(Cl)c1. The van der Waals surface area contributed by atoms with E-state index < -0.39 is 11.6 Å². The number of hydrogen-bond donors (Lipinski definition) is 3. The van der Waals surface area contributed by atoms with Gasteiger partial charge < -0.3 is 4.98 Å². The predicted octanol–water partition coefficient (Wildman–Crippen LogP) is 3.72. The lowest BCUT2D eigenvalue weighted by molar-refractivity contribution is 0.312. The molecule has 0 aliphatic rings. The summed E-state index contributed by atoms with van der Waals surface area (Å²) in [6.45, 7) is 0. The highest BCUT2D eigenvalue weighted by Gasteiger charge is 2.18. The highest BCUT2D eigenvalue weighted by Crippen LogP contribution is 2.25. The molecular weight excluding hydrogens is 314 g/mol. The summed E-state index contributed by atoms with van der Waals surface area (Å²) in [5, 5.41) is 18.5. The Labute approximate surface area is 128 Å². The molecule has 0 unspecified atom stereocenters. The van der Waals surface area contributed by atoms with Crippen molar-refractivity contribution in [3.63, 3.8) is 0 Å². The highest BCUT2D eigenvalue weighted by atomic mass is 35.5. The van der Waals surface area contributed by atoms with Gasteiger partial charge in [-0.05, 0) is 30.3 Å². The third kappa shape index (κ3) is 2.30. The van der Waals surface area contributed by atoms with Crippen LogP contribution in [0, 0.1) is 17.0 Å². The van der Waals surface area contributed by atoms with Gasteiger partial charge in [0.05, 0.1) is 22.6 Å². The molecule has 3 N–H and O–H groups in total. The molecule has 0 amide bonds. The Morgan fingerprint density at radius 3 is 2.68 bits per heavy atom. The molecule has 0 spiro atoms. The first kappa shape index (κ1) is 14.4. The van der Waals surface area contributed by atoms with Crippen LogP contribution in [0.5, 0.6) is 0 Å². The van der Waals surface area contributed by atoms with E-state index in [4.69, 9.17) is 17.0 Å². The van der Waals surface area contributed by atoms with E-state index in [9.17, 15) is 14.0 Å². The molecule has 1 heterocycles. The van der Waals surface area contributed by atoms with Crippen LogP contribution in [-0.2, 0) is 0 Å². The molecule has 1 aromatic heterocycles. The van der Waals surface area contributed by atoms with Crippen LogP contribution in [0.15, 0.2) is 36.7 Å². The van der Waals surface area contributed by atoms with Gasteiger partial charge in [-0.25, -0.2) is 18.8 Å². The van der Waals surface area contributed by atoms with E-state index in [0.29, 0.717) is 5.06 Å². The fourth-order valence-electron chi connectivity index (χ4n) is 2.06. The zero-order chi connectivity index (χ0) is 15.9. The lowest BCUT2D eigenvalue weighted by atomic mass is 10.1. The number of imidazole rings is 1. The third-order valence-corrected chi connectivity index (χ3v) is 3.44. The number of amidine groups is 1. The summed E-state index contributed by atoms with van der Waals surface area (Å²) in [5.41, 5.74) is 0.676. The molecule has 3 aromatic rings. The third-order valence-electron chi connectivity index (χ3n) is 3.15. The molecule has 112 valence electrons. The molecule has 0 atom stereocenters. The molecule has 0 aliphatic heterocycles. The van der Waals surface area contributed by atoms with Gasteiger partial charge in [0.15, 0.2) is 11.7 Å². The zero-order valence-electron chi connectivity index (χ0n) is 10.9. The first-order valence-corrected chi connectivity index (χ1v) is 6.51. The lowest BCUT2D eigenvalue weighted by Gasteiger charge is -2.18. The van der Waals surface area contributed by atoms with Crippen molar-refractivity contribution in [1.29, 1.82) is 5.41 Å². The van der Waals surface area contributed by atoms with Crippen LogP contribution in [0.4, 0.5) is 14.5 Å². The van der Waals surface area contributed by atoms with E-state index >= 15 is 0 Å². The topological polar surface area (TPSA) is 76.0 Å². The molecular formula is C14H9ClF2N4O. The smallest absolute Gasteiger partial charge is 0.159 e. The Morgan fingerprint density at radius 2 is 1.95 bits per heavy atom. The molecule has 8 heteroatoms. The van der Waals surface area contributed by atoms with E-state index in [1.165, 1.54) is 24.5 Å². The zero-order valence-corrected chi connectivity index (χ0v) is 11.7. The van der Waals surface area contributed by atoms with Gasteiger partial charge in [-0.15, -0.1) is 0 Å². The largest absolute Gasteiger partial charge is 0.344 e. The van der Waals surface area contributed by atoms with E-state index in [0.717, 1.165) is 12.1 Å². The van der Waals surface area contributed by atoms with Crippen LogP contribution < -0.4 is 5.06 Å². The molecule has 0 saturated carbocycles. The lowest BCUT2D eigenvalue weighted by Crippen LogP contribution is -2.27. The maximum absolute atomic E-state index is 13.6. The highest BCUT2D eigenvalue weighted by molar-refractivity contribution is 6.31. The summed E-state index contributed by atoms with van der Waals surface area (Å²) in [6, 6.07) is 6.01. The Morgan fingerprint density at radius 1 is 1.23 bits per heavy atom. The Kier molecular flexibility index (Phi) is 3.51. The van der Waals surface area contributed by atoms with Crippen molar-refractivity contribution in [2.75, 3.05) is 5.06 Å². The normalized spacial score (nSPS) is 10.9. The average Bonchev–Trinajstić information content (AvgIpc) is 2.99. The quantitative estimate of drug-likeness (QED) is 0.382. The minimum absolute atomic E-state index is 0.0628. The molecule has 0 fully saturated rings. The molecule has 0 aliphatic carbocycles. The van der Waals surface area contributed by atoms with E-state index in [1.54, 1.807) is 0 Å². The number of rotatable bonds is 2. The summed E-state index contributed by atoms with van der Waals surface area (Å²) < 4.78 is 26.8. The Bertz CT molecular complexity index is 880. The van der Waals surface area contributed by atoms with Gasteiger partial charge in [-0.3, -0.25) is 10.6 Å². The van der Waals surface area contributed by atoms with Gasteiger partial charge in [0.1, 0.15) is 11.3 Å². The van der Waals surface area contributed by atoms with Crippen molar-refractivity contribution in [3.05, 3.63) is 58.9 Å². The average molecular weight is 323 g/mol. The van der Waals surface area contributed by atoms with Crippen molar-refractivity contribution in [1.82, 2.24) is 9.97 Å². The summed E-state index contributed by atoms with van der Waals surface area (Å²) in [4.78, 5) is 6.54. The number of hydroxylamine groups is 1. The van der Waals surface area contributed by atoms with Gasteiger partial charge in [-0.2, -0.15) is 0 Å². The Hall–Kier alpha value is -2.51. The van der Waals surface area contributed by atoms with Crippen molar-refractivity contribution >= 4 is 34.2 Å². The van der Waals surface area contributed by atoms with Gasteiger partial charge in [0.25, 0.3) is 0 Å². The first-order valence-electron chi connectivity index (χ1n) is 6.13. The van der Waals surface area contributed by atoms with Crippen molar-refractivity contribution in [3.8, 4) is 0 Å². The maximum Gasteiger partial charge on any atom is 0.159 e. The van der Waals surface area contributed by atoms with Crippen molar-refractivity contribution in [2.24, 2.45) is 0 Å². The minimum Gasteiger partial charge on any atom is -0.344 e. The van der Waals surface area contributed by atoms with Crippen LogP contribution >= 0.6 is 11.6 Å². The van der Waals surface area contributed by atoms with Gasteiger partial charge in [-0.1, -0.05) is 11.6 Å². The van der Waals surface area contributed by atoms with Gasteiger partial charge in [0.2, 0.25) is 0 Å². The van der Waals surface area contributed by atoms with Crippen molar-refractivity contribution < 1.29 is 14.0 Å². The van der Waals surface area contributed by atoms with E-state index in [-0.39, 0.29) is 33.1 Å². The van der Waals surface area contributed by atoms with Crippen LogP contribution in [-0.4, -0.2) is 21.0 Å². The number of H-pyrrole nitrogens is 1. The van der Waals surface area contributed by atoms with E-state index in [1.807, 2.05) is 0 Å². The van der Waals surface area contributed by atoms with E-state index in [2.05, 4.69) is 9.97 Å². The first-order chi connectivity index (χ1) is 10.5. The van der Waals surface area contributed by atoms with Crippen molar-refractivity contribution in [2.45, 2.75) is 0 Å². The molecule has 2 aromatic carbocycles. The van der Waals surface area contributed by atoms with Crippen LogP contribution in [0.2, 0.25) is 5.02 Å². The molecule has 3 rings (SSSR count). The number of halogens is 3. The van der Waals surface area contributed by atoms with Crippen LogP contribution in [0.25, 0.3) is 11.0 Å². The summed E-state index contributed by atoms with van der Waals surface area (Å²) in [6.07, 6.45) is 1.29. The van der Waals surface area contributed by atoms with Gasteiger partial charge >= 0.3 is 0 Å². The second-order valence-electron chi connectivity index (χ2n) is 4.48. The number of nitrogens with one attached hydrogen (secondary N) is 2. The number of benzene rings is 2. The number of anilines is 1. The van der Waals surface area contributed by atoms with Crippen LogP contribution in [0.1, 0.15) is 5.56 Å². The molecule has 22 heavy (non-hydrogen) atoms. The Balaban J connectivity index is 2.03. The molecule has 0 saturated heterocycles. The number of fused-ring (bicyclic) bond motifs is 1. The summed E-state index contributed by atoms with van der Waals surface area (Å²) >= 11 is 5.66. The fourth-order valence-corrected chi connectivity index (χ4v) is 2.23. The summed E-state index contributed by atoms with van der Waals surface area (Å²) in [5.74, 6) is -1.51. The number of aromatic amines is 1. The molecule has 5 nitrogen and oxygen atoms in total. The number of aromatic nitrogens is 2. The standard InChI is InChI=1S/C14H9ClF2N4O/c15-9-5-7(1-3-10(9)16)21(22)14(18)8-2-4-11(17)13-12(8)19-6-20-13/h1-6,18,22H,(H,19,20). The fraction of sp³-hybridized carbons (Fsp3) is 0. The number of nitrogens with zero attached hydrogens (tertiary/aromatic N) is 2. The second-order valence-corrected chi connectivity index (χ2v) is 4.89. The number of hydrogen-bond acceptors (Lipinski definition) is 3. The minimum atomic E-state index is -0.636.